The molecule has 0 saturated heterocycles. The molecule has 0 atom stereocenters. The van der Waals surface area contributed by atoms with Crippen molar-refractivity contribution in [1.82, 2.24) is 4.98 Å². The van der Waals surface area contributed by atoms with Crippen LogP contribution in [0, 0.1) is 0 Å². The Labute approximate surface area is 100 Å². The predicted molar refractivity (Wildman–Crippen MR) is 64.9 cm³/mol. The molecule has 90 valence electrons. The zero-order valence-electron chi connectivity index (χ0n) is 8.69. The molecule has 0 amide bonds. The van der Waals surface area contributed by atoms with Crippen LogP contribution in [0.2, 0.25) is 5.02 Å². The van der Waals surface area contributed by atoms with Gasteiger partial charge < -0.3 is 5.73 Å². The fraction of sp³-hybridized carbons (Fsp3) is 0.444. The van der Waals surface area contributed by atoms with Gasteiger partial charge in [-0.2, -0.15) is 0 Å². The van der Waals surface area contributed by atoms with Gasteiger partial charge in [0.05, 0.1) is 10.8 Å². The molecule has 1 heterocycles. The van der Waals surface area contributed by atoms with Crippen LogP contribution in [0.15, 0.2) is 18.3 Å². The number of aromatic nitrogens is 1. The lowest BCUT2D eigenvalue weighted by Gasteiger charge is -2.07. The van der Waals surface area contributed by atoms with E-state index in [4.69, 9.17) is 17.3 Å². The van der Waals surface area contributed by atoms with Gasteiger partial charge in [0.25, 0.3) is 0 Å². The molecule has 3 N–H and O–H groups in total. The molecule has 1 rings (SSSR count). The minimum atomic E-state index is -3.38. The van der Waals surface area contributed by atoms with Crippen molar-refractivity contribution in [2.24, 2.45) is 5.73 Å². The van der Waals surface area contributed by atoms with Gasteiger partial charge in [-0.3, -0.25) is 4.72 Å². The third-order valence-electron chi connectivity index (χ3n) is 1.88. The van der Waals surface area contributed by atoms with Gasteiger partial charge in [0.2, 0.25) is 10.0 Å². The Balaban J connectivity index is 2.63. The van der Waals surface area contributed by atoms with Crippen LogP contribution in [-0.2, 0) is 10.0 Å². The van der Waals surface area contributed by atoms with Crippen molar-refractivity contribution in [3.8, 4) is 0 Å². The summed E-state index contributed by atoms with van der Waals surface area (Å²) in [7, 11) is -3.38. The summed E-state index contributed by atoms with van der Waals surface area (Å²) in [5, 5.41) is 0.282. The minimum Gasteiger partial charge on any atom is -0.330 e. The standard InChI is InChI=1S/C9H14ClN3O2S/c10-8-4-3-6-12-9(8)13-16(14,15)7-2-1-5-11/h3-4,6H,1-2,5,7,11H2,(H,12,13). The van der Waals surface area contributed by atoms with E-state index in [1.54, 1.807) is 12.1 Å². The molecule has 1 aromatic heterocycles. The van der Waals surface area contributed by atoms with Gasteiger partial charge in [-0.05, 0) is 31.5 Å². The zero-order chi connectivity index (χ0) is 12.0. The number of sulfonamides is 1. The summed E-state index contributed by atoms with van der Waals surface area (Å²) in [5.74, 6) is 0.189. The smallest absolute Gasteiger partial charge is 0.233 e. The van der Waals surface area contributed by atoms with Crippen molar-refractivity contribution in [2.75, 3.05) is 17.0 Å². The predicted octanol–water partition coefficient (Wildman–Crippen LogP) is 1.22. The van der Waals surface area contributed by atoms with E-state index in [2.05, 4.69) is 9.71 Å². The summed E-state index contributed by atoms with van der Waals surface area (Å²) in [6.45, 7) is 0.486. The lowest BCUT2D eigenvalue weighted by Crippen LogP contribution is -2.18. The van der Waals surface area contributed by atoms with Crippen LogP contribution in [0.4, 0.5) is 5.82 Å². The molecule has 0 bridgehead atoms. The van der Waals surface area contributed by atoms with Crippen LogP contribution < -0.4 is 10.5 Å². The maximum absolute atomic E-state index is 11.6. The van der Waals surface area contributed by atoms with Gasteiger partial charge in [-0.15, -0.1) is 0 Å². The number of unbranched alkanes of at least 4 members (excludes halogenated alkanes) is 1. The molecular formula is C9H14ClN3O2S. The fourth-order valence-electron chi connectivity index (χ4n) is 1.10. The van der Waals surface area contributed by atoms with Gasteiger partial charge in [0.1, 0.15) is 0 Å². The van der Waals surface area contributed by atoms with E-state index >= 15 is 0 Å². The highest BCUT2D eigenvalue weighted by atomic mass is 35.5. The number of rotatable bonds is 6. The Bertz CT molecular complexity index is 436. The second-order valence-corrected chi connectivity index (χ2v) is 5.50. The average Bonchev–Trinajstić information content (AvgIpc) is 2.21. The van der Waals surface area contributed by atoms with Crippen LogP contribution in [-0.4, -0.2) is 25.7 Å². The van der Waals surface area contributed by atoms with Gasteiger partial charge >= 0.3 is 0 Å². The molecule has 0 radical (unpaired) electrons. The van der Waals surface area contributed by atoms with E-state index in [1.807, 2.05) is 0 Å². The number of nitrogens with two attached hydrogens (primary N) is 1. The number of pyridine rings is 1. The van der Waals surface area contributed by atoms with E-state index in [0.29, 0.717) is 19.4 Å². The van der Waals surface area contributed by atoms with E-state index in [1.165, 1.54) is 6.20 Å². The van der Waals surface area contributed by atoms with Crippen molar-refractivity contribution < 1.29 is 8.42 Å². The molecule has 0 spiro atoms. The first-order chi connectivity index (χ1) is 7.55. The maximum Gasteiger partial charge on any atom is 0.233 e. The van der Waals surface area contributed by atoms with Crippen molar-refractivity contribution in [3.05, 3.63) is 23.4 Å². The highest BCUT2D eigenvalue weighted by Crippen LogP contribution is 2.18. The third kappa shape index (κ3) is 4.34. The summed E-state index contributed by atoms with van der Waals surface area (Å²) in [6, 6.07) is 3.21. The molecule has 0 aliphatic heterocycles. The van der Waals surface area contributed by atoms with E-state index in [0.717, 1.165) is 0 Å². The van der Waals surface area contributed by atoms with Crippen molar-refractivity contribution in [1.29, 1.82) is 0 Å². The van der Waals surface area contributed by atoms with Crippen LogP contribution in [0.25, 0.3) is 0 Å². The first-order valence-electron chi connectivity index (χ1n) is 4.86. The fourth-order valence-corrected chi connectivity index (χ4v) is 2.46. The average molecular weight is 264 g/mol. The monoisotopic (exact) mass is 263 g/mol. The van der Waals surface area contributed by atoms with Crippen LogP contribution in [0.1, 0.15) is 12.8 Å². The minimum absolute atomic E-state index is 0.0249. The van der Waals surface area contributed by atoms with Crippen molar-refractivity contribution >= 4 is 27.4 Å². The number of halogens is 1. The SMILES string of the molecule is NCCCCS(=O)(=O)Nc1ncccc1Cl. The number of nitrogens with one attached hydrogen (secondary N) is 1. The maximum atomic E-state index is 11.6. The number of anilines is 1. The van der Waals surface area contributed by atoms with Crippen molar-refractivity contribution in [3.63, 3.8) is 0 Å². The molecule has 7 heteroatoms. The van der Waals surface area contributed by atoms with E-state index in [-0.39, 0.29) is 16.6 Å². The number of hydrogen-bond acceptors (Lipinski definition) is 4. The molecule has 16 heavy (non-hydrogen) atoms. The molecule has 0 aliphatic carbocycles. The Morgan fingerprint density at radius 2 is 2.19 bits per heavy atom. The molecule has 0 saturated carbocycles. The molecule has 0 unspecified atom stereocenters. The lowest BCUT2D eigenvalue weighted by molar-refractivity contribution is 0.597. The molecule has 0 aliphatic rings. The summed E-state index contributed by atoms with van der Waals surface area (Å²) >= 11 is 5.78. The van der Waals surface area contributed by atoms with Gasteiger partial charge in [0, 0.05) is 6.20 Å². The van der Waals surface area contributed by atoms with Crippen LogP contribution in [0.3, 0.4) is 0 Å². The molecule has 1 aromatic rings. The second kappa shape index (κ2) is 6.03. The Hall–Kier alpha value is -0.850. The van der Waals surface area contributed by atoms with E-state index in [9.17, 15) is 8.42 Å². The summed E-state index contributed by atoms with van der Waals surface area (Å²) in [6.07, 6.45) is 2.68. The molecular weight excluding hydrogens is 250 g/mol. The molecule has 5 nitrogen and oxygen atoms in total. The lowest BCUT2D eigenvalue weighted by atomic mass is 10.3. The third-order valence-corrected chi connectivity index (χ3v) is 3.51. The quantitative estimate of drug-likeness (QED) is 0.756. The van der Waals surface area contributed by atoms with Gasteiger partial charge in [-0.1, -0.05) is 11.6 Å². The second-order valence-electron chi connectivity index (χ2n) is 3.25. The Morgan fingerprint density at radius 1 is 1.44 bits per heavy atom. The highest BCUT2D eigenvalue weighted by molar-refractivity contribution is 7.92. The zero-order valence-corrected chi connectivity index (χ0v) is 10.3. The van der Waals surface area contributed by atoms with Crippen LogP contribution >= 0.6 is 11.6 Å². The number of hydrogen-bond donors (Lipinski definition) is 2. The Morgan fingerprint density at radius 3 is 2.81 bits per heavy atom. The Kier molecular flexibility index (Phi) is 4.98. The first-order valence-corrected chi connectivity index (χ1v) is 6.89. The first kappa shape index (κ1) is 13.2. The number of nitrogens with zero attached hydrogens (tertiary/aromatic N) is 1. The normalized spacial score (nSPS) is 11.4. The molecule has 0 aromatic carbocycles. The summed E-state index contributed by atoms with van der Waals surface area (Å²) in [4.78, 5) is 3.84. The summed E-state index contributed by atoms with van der Waals surface area (Å²) < 4.78 is 25.5. The summed E-state index contributed by atoms with van der Waals surface area (Å²) in [5.41, 5.74) is 5.29. The highest BCUT2D eigenvalue weighted by Gasteiger charge is 2.12. The van der Waals surface area contributed by atoms with Crippen molar-refractivity contribution in [2.45, 2.75) is 12.8 Å². The largest absolute Gasteiger partial charge is 0.330 e. The van der Waals surface area contributed by atoms with Crippen LogP contribution in [0.5, 0.6) is 0 Å². The topological polar surface area (TPSA) is 85.1 Å². The van der Waals surface area contributed by atoms with Gasteiger partial charge in [0.15, 0.2) is 5.82 Å². The van der Waals surface area contributed by atoms with Gasteiger partial charge in [-0.25, -0.2) is 13.4 Å². The van der Waals surface area contributed by atoms with E-state index < -0.39 is 10.0 Å². The molecule has 0 fully saturated rings.